The van der Waals surface area contributed by atoms with E-state index in [0.717, 1.165) is 12.1 Å². The smallest absolute Gasteiger partial charge is 0.271 e. The van der Waals surface area contributed by atoms with Crippen LogP contribution >= 0.6 is 0 Å². The highest BCUT2D eigenvalue weighted by Gasteiger charge is 2.13. The van der Waals surface area contributed by atoms with Gasteiger partial charge in [0.25, 0.3) is 5.91 Å². The first kappa shape index (κ1) is 10.2. The zero-order valence-corrected chi connectivity index (χ0v) is 7.87. The van der Waals surface area contributed by atoms with E-state index in [1.807, 2.05) is 0 Å². The summed E-state index contributed by atoms with van der Waals surface area (Å²) in [6, 6.07) is 1.67. The van der Waals surface area contributed by atoms with Gasteiger partial charge in [-0.25, -0.2) is 18.7 Å². The number of anilines is 1. The molecule has 5 nitrogen and oxygen atoms in total. The van der Waals surface area contributed by atoms with Crippen LogP contribution in [0.25, 0.3) is 11.0 Å². The van der Waals surface area contributed by atoms with Crippen molar-refractivity contribution in [2.45, 2.75) is 0 Å². The Hall–Kier alpha value is -2.31. The molecule has 0 aliphatic rings. The highest BCUT2D eigenvalue weighted by molar-refractivity contribution is 5.97. The summed E-state index contributed by atoms with van der Waals surface area (Å²) in [5.41, 5.74) is 10.2. The number of carbonyl (C=O) groups excluding carboxylic acids is 1. The van der Waals surface area contributed by atoms with Gasteiger partial charge in [0.15, 0.2) is 23.1 Å². The van der Waals surface area contributed by atoms with Crippen LogP contribution in [0.5, 0.6) is 0 Å². The maximum Gasteiger partial charge on any atom is 0.271 e. The summed E-state index contributed by atoms with van der Waals surface area (Å²) in [5.74, 6) is -3.24. The van der Waals surface area contributed by atoms with Gasteiger partial charge >= 0.3 is 0 Å². The fourth-order valence-corrected chi connectivity index (χ4v) is 1.25. The summed E-state index contributed by atoms with van der Waals surface area (Å²) < 4.78 is 25.8. The van der Waals surface area contributed by atoms with Crippen LogP contribution in [0, 0.1) is 11.6 Å². The molecule has 0 aliphatic heterocycles. The first-order valence-corrected chi connectivity index (χ1v) is 4.21. The van der Waals surface area contributed by atoms with Crippen molar-refractivity contribution >= 4 is 22.8 Å². The van der Waals surface area contributed by atoms with E-state index in [1.165, 1.54) is 0 Å². The van der Waals surface area contributed by atoms with Crippen molar-refractivity contribution in [3.05, 3.63) is 29.5 Å². The number of halogens is 2. The summed E-state index contributed by atoms with van der Waals surface area (Å²) in [6.07, 6.45) is 0. The van der Waals surface area contributed by atoms with Crippen LogP contribution in [0.15, 0.2) is 12.1 Å². The Kier molecular flexibility index (Phi) is 2.15. The molecule has 4 N–H and O–H groups in total. The summed E-state index contributed by atoms with van der Waals surface area (Å²) in [6.45, 7) is 0. The van der Waals surface area contributed by atoms with Crippen molar-refractivity contribution in [1.82, 2.24) is 9.97 Å². The number of hydrogen-bond donors (Lipinski definition) is 2. The number of hydrogen-bond acceptors (Lipinski definition) is 4. The van der Waals surface area contributed by atoms with Gasteiger partial charge in [0.05, 0.1) is 11.0 Å². The normalized spacial score (nSPS) is 10.6. The molecule has 2 aromatic rings. The third kappa shape index (κ3) is 1.52. The van der Waals surface area contributed by atoms with Crippen molar-refractivity contribution in [3.8, 4) is 0 Å². The van der Waals surface area contributed by atoms with Crippen LogP contribution in [0.3, 0.4) is 0 Å². The molecule has 2 rings (SSSR count). The van der Waals surface area contributed by atoms with Gasteiger partial charge in [-0.05, 0) is 0 Å². The molecule has 0 spiro atoms. The van der Waals surface area contributed by atoms with Crippen molar-refractivity contribution < 1.29 is 13.6 Å². The molecule has 0 unspecified atom stereocenters. The van der Waals surface area contributed by atoms with Gasteiger partial charge in [-0.2, -0.15) is 0 Å². The van der Waals surface area contributed by atoms with Crippen LogP contribution in [-0.4, -0.2) is 15.9 Å². The molecule has 0 fully saturated rings. The number of nitrogen functional groups attached to an aromatic ring is 1. The number of benzene rings is 1. The van der Waals surface area contributed by atoms with Crippen molar-refractivity contribution in [1.29, 1.82) is 0 Å². The molecule has 0 bridgehead atoms. The maximum atomic E-state index is 12.9. The van der Waals surface area contributed by atoms with Crippen molar-refractivity contribution in [2.24, 2.45) is 5.73 Å². The van der Waals surface area contributed by atoms with Crippen molar-refractivity contribution in [2.75, 3.05) is 5.73 Å². The number of rotatable bonds is 1. The zero-order chi connectivity index (χ0) is 11.9. The predicted octanol–water partition coefficient (Wildman–Crippen LogP) is 0.589. The number of nitrogens with zero attached hydrogens (tertiary/aromatic N) is 2. The minimum Gasteiger partial charge on any atom is -0.382 e. The Balaban J connectivity index is 2.79. The standard InChI is InChI=1S/C9H6F2N4O/c10-3-1-5-6(2-4(3)11)15-8(12)7(14-5)9(13)16/h1-2H,(H2,12,15)(H2,13,16). The second-order valence-electron chi connectivity index (χ2n) is 3.08. The number of carbonyl (C=O) groups is 1. The number of aromatic nitrogens is 2. The van der Waals surface area contributed by atoms with Crippen LogP contribution in [0.4, 0.5) is 14.6 Å². The van der Waals surface area contributed by atoms with Gasteiger partial charge in [0, 0.05) is 12.1 Å². The van der Waals surface area contributed by atoms with Crippen LogP contribution < -0.4 is 11.5 Å². The van der Waals surface area contributed by atoms with Gasteiger partial charge in [-0.15, -0.1) is 0 Å². The molecular formula is C9H6F2N4O. The molecule has 16 heavy (non-hydrogen) atoms. The fourth-order valence-electron chi connectivity index (χ4n) is 1.25. The monoisotopic (exact) mass is 224 g/mol. The number of primary amides is 1. The molecular weight excluding hydrogens is 218 g/mol. The second-order valence-corrected chi connectivity index (χ2v) is 3.08. The molecule has 0 saturated heterocycles. The Labute approximate surface area is 88.1 Å². The fraction of sp³-hybridized carbons (Fsp3) is 0. The molecule has 1 heterocycles. The predicted molar refractivity (Wildman–Crippen MR) is 52.4 cm³/mol. The summed E-state index contributed by atoms with van der Waals surface area (Å²) in [7, 11) is 0. The lowest BCUT2D eigenvalue weighted by Gasteiger charge is -2.03. The molecule has 1 amide bonds. The van der Waals surface area contributed by atoms with E-state index in [4.69, 9.17) is 11.5 Å². The third-order valence-corrected chi connectivity index (χ3v) is 1.97. The van der Waals surface area contributed by atoms with Crippen LogP contribution in [0.1, 0.15) is 10.5 Å². The second kappa shape index (κ2) is 3.37. The average Bonchev–Trinajstić information content (AvgIpc) is 2.19. The highest BCUT2D eigenvalue weighted by Crippen LogP contribution is 2.17. The lowest BCUT2D eigenvalue weighted by Crippen LogP contribution is -2.16. The molecule has 1 aromatic heterocycles. The third-order valence-electron chi connectivity index (χ3n) is 1.97. The summed E-state index contributed by atoms with van der Waals surface area (Å²) >= 11 is 0. The lowest BCUT2D eigenvalue weighted by atomic mass is 10.2. The highest BCUT2D eigenvalue weighted by atomic mass is 19.2. The number of nitrogens with two attached hydrogens (primary N) is 2. The first-order chi connectivity index (χ1) is 7.49. The quantitative estimate of drug-likeness (QED) is 0.741. The molecule has 82 valence electrons. The van der Waals surface area contributed by atoms with E-state index in [-0.39, 0.29) is 22.5 Å². The maximum absolute atomic E-state index is 12.9. The minimum atomic E-state index is -1.08. The van der Waals surface area contributed by atoms with Gasteiger partial charge in [-0.3, -0.25) is 4.79 Å². The minimum absolute atomic E-state index is 0.0156. The first-order valence-electron chi connectivity index (χ1n) is 4.21. The van der Waals surface area contributed by atoms with E-state index in [1.54, 1.807) is 0 Å². The zero-order valence-electron chi connectivity index (χ0n) is 7.87. The Bertz CT molecular complexity index is 600. The Morgan fingerprint density at radius 1 is 1.12 bits per heavy atom. The number of amides is 1. The van der Waals surface area contributed by atoms with Gasteiger partial charge in [0.2, 0.25) is 0 Å². The van der Waals surface area contributed by atoms with E-state index < -0.39 is 17.5 Å². The van der Waals surface area contributed by atoms with Gasteiger partial charge in [-0.1, -0.05) is 0 Å². The number of fused-ring (bicyclic) bond motifs is 1. The molecule has 1 aromatic carbocycles. The Morgan fingerprint density at radius 3 is 2.12 bits per heavy atom. The largest absolute Gasteiger partial charge is 0.382 e. The molecule has 7 heteroatoms. The van der Waals surface area contributed by atoms with Crippen LogP contribution in [-0.2, 0) is 0 Å². The molecule has 0 saturated carbocycles. The summed E-state index contributed by atoms with van der Waals surface area (Å²) in [5, 5.41) is 0. The van der Waals surface area contributed by atoms with Gasteiger partial charge in [0.1, 0.15) is 0 Å². The lowest BCUT2D eigenvalue weighted by molar-refractivity contribution is 0.0996. The molecule has 0 radical (unpaired) electrons. The van der Waals surface area contributed by atoms with E-state index in [9.17, 15) is 13.6 Å². The average molecular weight is 224 g/mol. The topological polar surface area (TPSA) is 94.9 Å². The Morgan fingerprint density at radius 2 is 1.62 bits per heavy atom. The summed E-state index contributed by atoms with van der Waals surface area (Å²) in [4.78, 5) is 18.3. The SMILES string of the molecule is NC(=O)c1nc2cc(F)c(F)cc2nc1N. The van der Waals surface area contributed by atoms with E-state index >= 15 is 0 Å². The van der Waals surface area contributed by atoms with E-state index in [2.05, 4.69) is 9.97 Å². The van der Waals surface area contributed by atoms with Gasteiger partial charge < -0.3 is 11.5 Å². The molecule has 0 atom stereocenters. The van der Waals surface area contributed by atoms with E-state index in [0.29, 0.717) is 0 Å². The van der Waals surface area contributed by atoms with Crippen molar-refractivity contribution in [3.63, 3.8) is 0 Å². The molecule has 0 aliphatic carbocycles. The van der Waals surface area contributed by atoms with Crippen LogP contribution in [0.2, 0.25) is 0 Å².